The van der Waals surface area contributed by atoms with Crippen molar-refractivity contribution in [3.05, 3.63) is 29.3 Å². The van der Waals surface area contributed by atoms with Gasteiger partial charge in [-0.1, -0.05) is 23.7 Å². The number of likely N-dealkylation sites (N-methyl/N-ethyl adjacent to an activating group) is 1. The Labute approximate surface area is 105 Å². The average molecular weight is 255 g/mol. The molecule has 92 valence electrons. The summed E-state index contributed by atoms with van der Waals surface area (Å²) in [6.45, 7) is 1.01. The summed E-state index contributed by atoms with van der Waals surface area (Å²) in [6, 6.07) is 7.26. The van der Waals surface area contributed by atoms with Crippen LogP contribution in [-0.4, -0.2) is 32.2 Å². The van der Waals surface area contributed by atoms with E-state index in [9.17, 15) is 4.79 Å². The molecule has 0 aliphatic carbocycles. The Balaban J connectivity index is 2.04. The monoisotopic (exact) mass is 254 g/mol. The molecule has 2 rings (SSSR count). The zero-order valence-corrected chi connectivity index (χ0v) is 10.3. The van der Waals surface area contributed by atoms with Gasteiger partial charge in [0.2, 0.25) is 5.91 Å². The summed E-state index contributed by atoms with van der Waals surface area (Å²) in [7, 11) is 1.83. The van der Waals surface area contributed by atoms with Crippen molar-refractivity contribution < 1.29 is 9.53 Å². The largest absolute Gasteiger partial charge is 0.379 e. The zero-order chi connectivity index (χ0) is 12.3. The molecule has 4 nitrogen and oxygen atoms in total. The first-order valence-corrected chi connectivity index (χ1v) is 5.90. The van der Waals surface area contributed by atoms with Gasteiger partial charge in [-0.2, -0.15) is 0 Å². The van der Waals surface area contributed by atoms with Gasteiger partial charge in [0.05, 0.1) is 29.8 Å². The van der Waals surface area contributed by atoms with Gasteiger partial charge in [0.15, 0.2) is 0 Å². The molecule has 1 heterocycles. The van der Waals surface area contributed by atoms with Crippen molar-refractivity contribution in [3.8, 4) is 0 Å². The number of anilines is 1. The normalized spacial score (nSPS) is 23.6. The highest BCUT2D eigenvalue weighted by atomic mass is 35.5. The smallest absolute Gasteiger partial charge is 0.231 e. The van der Waals surface area contributed by atoms with E-state index in [1.807, 2.05) is 19.2 Å². The number of ether oxygens (including phenoxy) is 1. The predicted octanol–water partition coefficient (Wildman–Crippen LogP) is 1.51. The van der Waals surface area contributed by atoms with Crippen LogP contribution in [0.4, 0.5) is 5.69 Å². The maximum atomic E-state index is 12.0. The Kier molecular flexibility index (Phi) is 3.99. The van der Waals surface area contributed by atoms with E-state index >= 15 is 0 Å². The topological polar surface area (TPSA) is 50.4 Å². The lowest BCUT2D eigenvalue weighted by atomic mass is 10.0. The number of carbonyl (C=O) groups is 1. The second kappa shape index (κ2) is 5.49. The van der Waals surface area contributed by atoms with Crippen LogP contribution in [0, 0.1) is 5.92 Å². The number of benzene rings is 1. The predicted molar refractivity (Wildman–Crippen MR) is 67.2 cm³/mol. The van der Waals surface area contributed by atoms with Gasteiger partial charge in [-0.15, -0.1) is 0 Å². The van der Waals surface area contributed by atoms with Gasteiger partial charge in [0.25, 0.3) is 0 Å². The third-order valence-electron chi connectivity index (χ3n) is 2.92. The van der Waals surface area contributed by atoms with Gasteiger partial charge in [-0.25, -0.2) is 0 Å². The lowest BCUT2D eigenvalue weighted by Crippen LogP contribution is -2.39. The SMILES string of the molecule is CNC1COCC1C(=O)Nc1ccccc1Cl. The number of hydrogen-bond donors (Lipinski definition) is 2. The molecule has 5 heteroatoms. The fraction of sp³-hybridized carbons (Fsp3) is 0.417. The molecule has 2 unspecified atom stereocenters. The Bertz CT molecular complexity index is 411. The molecule has 1 aliphatic rings. The van der Waals surface area contributed by atoms with E-state index in [0.717, 1.165) is 0 Å². The molecule has 0 aromatic heterocycles. The minimum Gasteiger partial charge on any atom is -0.379 e. The van der Waals surface area contributed by atoms with E-state index in [2.05, 4.69) is 10.6 Å². The lowest BCUT2D eigenvalue weighted by Gasteiger charge is -2.16. The van der Waals surface area contributed by atoms with E-state index in [1.165, 1.54) is 0 Å². The maximum absolute atomic E-state index is 12.0. The summed E-state index contributed by atoms with van der Waals surface area (Å²) in [5.74, 6) is -0.230. The third-order valence-corrected chi connectivity index (χ3v) is 3.25. The standard InChI is InChI=1S/C12H15ClN2O2/c1-14-11-7-17-6-8(11)12(16)15-10-5-3-2-4-9(10)13/h2-5,8,11,14H,6-7H2,1H3,(H,15,16). The van der Waals surface area contributed by atoms with Crippen molar-refractivity contribution >= 4 is 23.2 Å². The molecule has 1 fully saturated rings. The Morgan fingerprint density at radius 1 is 1.41 bits per heavy atom. The number of halogens is 1. The Hall–Kier alpha value is -1.10. The highest BCUT2D eigenvalue weighted by molar-refractivity contribution is 6.33. The molecule has 1 aromatic rings. The van der Waals surface area contributed by atoms with Crippen LogP contribution in [0.5, 0.6) is 0 Å². The summed E-state index contributed by atoms with van der Waals surface area (Å²) in [5.41, 5.74) is 0.640. The van der Waals surface area contributed by atoms with E-state index < -0.39 is 0 Å². The summed E-state index contributed by atoms with van der Waals surface area (Å²) in [4.78, 5) is 12.0. The molecule has 0 radical (unpaired) electrons. The van der Waals surface area contributed by atoms with Crippen LogP contribution < -0.4 is 10.6 Å². The summed E-state index contributed by atoms with van der Waals surface area (Å²) in [5, 5.41) is 6.44. The average Bonchev–Trinajstić information content (AvgIpc) is 2.80. The van der Waals surface area contributed by atoms with Crippen LogP contribution in [0.15, 0.2) is 24.3 Å². The molecule has 0 spiro atoms. The lowest BCUT2D eigenvalue weighted by molar-refractivity contribution is -0.120. The number of hydrogen-bond acceptors (Lipinski definition) is 3. The second-order valence-corrected chi connectivity index (χ2v) is 4.42. The molecule has 0 saturated carbocycles. The molecule has 1 aromatic carbocycles. The van der Waals surface area contributed by atoms with E-state index in [4.69, 9.17) is 16.3 Å². The molecular formula is C12H15ClN2O2. The first kappa shape index (κ1) is 12.4. The van der Waals surface area contributed by atoms with Crippen molar-refractivity contribution in [1.82, 2.24) is 5.32 Å². The molecule has 0 bridgehead atoms. The van der Waals surface area contributed by atoms with Gasteiger partial charge in [0.1, 0.15) is 0 Å². The van der Waals surface area contributed by atoms with Crippen molar-refractivity contribution in [3.63, 3.8) is 0 Å². The van der Waals surface area contributed by atoms with Crippen LogP contribution in [0.2, 0.25) is 5.02 Å². The number of rotatable bonds is 3. The van der Waals surface area contributed by atoms with Crippen LogP contribution in [0.3, 0.4) is 0 Å². The Morgan fingerprint density at radius 3 is 2.88 bits per heavy atom. The molecule has 1 aliphatic heterocycles. The van der Waals surface area contributed by atoms with Crippen molar-refractivity contribution in [2.24, 2.45) is 5.92 Å². The maximum Gasteiger partial charge on any atom is 0.231 e. The fourth-order valence-corrected chi connectivity index (χ4v) is 2.07. The molecule has 1 saturated heterocycles. The molecular weight excluding hydrogens is 240 g/mol. The van der Waals surface area contributed by atoms with Crippen molar-refractivity contribution in [2.75, 3.05) is 25.6 Å². The van der Waals surface area contributed by atoms with E-state index in [-0.39, 0.29) is 17.9 Å². The molecule has 1 amide bonds. The van der Waals surface area contributed by atoms with Gasteiger partial charge in [-0.3, -0.25) is 4.79 Å². The van der Waals surface area contributed by atoms with Crippen molar-refractivity contribution in [1.29, 1.82) is 0 Å². The van der Waals surface area contributed by atoms with E-state index in [0.29, 0.717) is 23.9 Å². The third kappa shape index (κ3) is 2.77. The molecule has 2 atom stereocenters. The number of amides is 1. The van der Waals surface area contributed by atoms with Crippen molar-refractivity contribution in [2.45, 2.75) is 6.04 Å². The first-order chi connectivity index (χ1) is 8.22. The number of para-hydroxylation sites is 1. The van der Waals surface area contributed by atoms with E-state index in [1.54, 1.807) is 12.1 Å². The van der Waals surface area contributed by atoms with Crippen LogP contribution in [0.1, 0.15) is 0 Å². The van der Waals surface area contributed by atoms with Crippen LogP contribution in [0.25, 0.3) is 0 Å². The molecule has 17 heavy (non-hydrogen) atoms. The highest BCUT2D eigenvalue weighted by Crippen LogP contribution is 2.22. The highest BCUT2D eigenvalue weighted by Gasteiger charge is 2.33. The van der Waals surface area contributed by atoms with Crippen LogP contribution in [-0.2, 0) is 9.53 Å². The minimum atomic E-state index is -0.170. The molecule has 2 N–H and O–H groups in total. The number of nitrogens with one attached hydrogen (secondary N) is 2. The Morgan fingerprint density at radius 2 is 2.18 bits per heavy atom. The summed E-state index contributed by atoms with van der Waals surface area (Å²) < 4.78 is 5.29. The second-order valence-electron chi connectivity index (χ2n) is 4.01. The van der Waals surface area contributed by atoms with Gasteiger partial charge in [-0.05, 0) is 19.2 Å². The summed E-state index contributed by atoms with van der Waals surface area (Å²) >= 11 is 5.98. The van der Waals surface area contributed by atoms with Gasteiger partial charge in [0, 0.05) is 6.04 Å². The number of carbonyl (C=O) groups excluding carboxylic acids is 1. The van der Waals surface area contributed by atoms with Gasteiger partial charge < -0.3 is 15.4 Å². The van der Waals surface area contributed by atoms with Gasteiger partial charge >= 0.3 is 0 Å². The quantitative estimate of drug-likeness (QED) is 0.860. The summed E-state index contributed by atoms with van der Waals surface area (Å²) in [6.07, 6.45) is 0. The zero-order valence-electron chi connectivity index (χ0n) is 9.57. The minimum absolute atomic E-state index is 0.0602. The fourth-order valence-electron chi connectivity index (χ4n) is 1.89. The first-order valence-electron chi connectivity index (χ1n) is 5.52. The van der Waals surface area contributed by atoms with Crippen LogP contribution >= 0.6 is 11.6 Å².